The van der Waals surface area contributed by atoms with E-state index in [9.17, 15) is 13.2 Å². The second kappa shape index (κ2) is 7.31. The number of nitrogens with one attached hydrogen (secondary N) is 1. The van der Waals surface area contributed by atoms with Gasteiger partial charge in [0.2, 0.25) is 10.0 Å². The summed E-state index contributed by atoms with van der Waals surface area (Å²) >= 11 is 0. The maximum atomic E-state index is 12.4. The van der Waals surface area contributed by atoms with Gasteiger partial charge >= 0.3 is 0 Å². The number of carbonyl (C=O) groups excluding carboxylic acids is 1. The van der Waals surface area contributed by atoms with Crippen LogP contribution >= 0.6 is 0 Å². The van der Waals surface area contributed by atoms with E-state index in [2.05, 4.69) is 10.2 Å². The summed E-state index contributed by atoms with van der Waals surface area (Å²) < 4.78 is 25.8. The van der Waals surface area contributed by atoms with E-state index in [1.54, 1.807) is 12.1 Å². The highest BCUT2D eigenvalue weighted by molar-refractivity contribution is 7.89. The Morgan fingerprint density at radius 3 is 2.43 bits per heavy atom. The highest BCUT2D eigenvalue weighted by atomic mass is 32.2. The number of nitrogens with zero attached hydrogens (tertiary/aromatic N) is 2. The van der Waals surface area contributed by atoms with Crippen LogP contribution in [0.4, 0.5) is 5.69 Å². The summed E-state index contributed by atoms with van der Waals surface area (Å²) in [6.45, 7) is 4.14. The predicted octanol–water partition coefficient (Wildman–Crippen LogP) is 1.68. The molecular weight excluding hydrogens is 314 g/mol. The van der Waals surface area contributed by atoms with Crippen molar-refractivity contribution in [2.24, 2.45) is 0 Å². The number of piperidine rings is 1. The number of sulfonamides is 1. The summed E-state index contributed by atoms with van der Waals surface area (Å²) in [5.41, 5.74) is 1.24. The Balaban J connectivity index is 2.48. The molecule has 0 atom stereocenters. The molecule has 0 radical (unpaired) electrons. The van der Waals surface area contributed by atoms with E-state index in [1.807, 2.05) is 6.92 Å². The van der Waals surface area contributed by atoms with Gasteiger partial charge in [-0.05, 0) is 44.4 Å². The van der Waals surface area contributed by atoms with E-state index in [-0.39, 0.29) is 10.8 Å². The first-order valence-corrected chi connectivity index (χ1v) is 9.41. The summed E-state index contributed by atoms with van der Waals surface area (Å²) in [7, 11) is -0.589. The van der Waals surface area contributed by atoms with Crippen molar-refractivity contribution in [3.63, 3.8) is 0 Å². The van der Waals surface area contributed by atoms with Gasteiger partial charge in [-0.25, -0.2) is 12.7 Å². The van der Waals surface area contributed by atoms with Crippen molar-refractivity contribution in [3.8, 4) is 0 Å². The van der Waals surface area contributed by atoms with Gasteiger partial charge in [0.15, 0.2) is 0 Å². The van der Waals surface area contributed by atoms with Gasteiger partial charge in [0, 0.05) is 39.4 Å². The topological polar surface area (TPSA) is 69.7 Å². The molecular formula is C16H25N3O3S. The first-order valence-electron chi connectivity index (χ1n) is 7.97. The molecule has 0 spiro atoms. The molecule has 1 saturated heterocycles. The zero-order chi connectivity index (χ0) is 17.0. The zero-order valence-electron chi connectivity index (χ0n) is 14.0. The Morgan fingerprint density at radius 2 is 1.87 bits per heavy atom. The van der Waals surface area contributed by atoms with Gasteiger partial charge in [-0.3, -0.25) is 4.79 Å². The number of hydrogen-bond acceptors (Lipinski definition) is 4. The lowest BCUT2D eigenvalue weighted by atomic mass is 10.1. The minimum atomic E-state index is -3.56. The van der Waals surface area contributed by atoms with Gasteiger partial charge in [-0.1, -0.05) is 0 Å². The fraction of sp³-hybridized carbons (Fsp3) is 0.562. The lowest BCUT2D eigenvalue weighted by Gasteiger charge is -2.30. The largest absolute Gasteiger partial charge is 0.371 e. The van der Waals surface area contributed by atoms with Crippen molar-refractivity contribution in [3.05, 3.63) is 23.8 Å². The van der Waals surface area contributed by atoms with E-state index >= 15 is 0 Å². The second-order valence-corrected chi connectivity index (χ2v) is 8.03. The lowest BCUT2D eigenvalue weighted by Crippen LogP contribution is -2.33. The normalized spacial score (nSPS) is 15.7. The van der Waals surface area contributed by atoms with E-state index in [0.29, 0.717) is 12.1 Å². The second-order valence-electron chi connectivity index (χ2n) is 5.87. The van der Waals surface area contributed by atoms with Crippen LogP contribution in [0.5, 0.6) is 0 Å². The highest BCUT2D eigenvalue weighted by Gasteiger charge is 2.23. The molecule has 1 aliphatic rings. The monoisotopic (exact) mass is 339 g/mol. The summed E-state index contributed by atoms with van der Waals surface area (Å²) in [6, 6.07) is 4.83. The van der Waals surface area contributed by atoms with Crippen molar-refractivity contribution in [2.75, 3.05) is 38.6 Å². The number of amides is 1. The molecule has 1 aliphatic heterocycles. The SMILES string of the molecule is CCNC(=O)c1cc(S(=O)(=O)N(C)C)ccc1N1CCCCC1. The number of rotatable bonds is 5. The smallest absolute Gasteiger partial charge is 0.253 e. The molecule has 1 amide bonds. The first kappa shape index (κ1) is 17.7. The van der Waals surface area contributed by atoms with Gasteiger partial charge in [0.1, 0.15) is 0 Å². The number of carbonyl (C=O) groups is 1. The van der Waals surface area contributed by atoms with Gasteiger partial charge in [0.25, 0.3) is 5.91 Å². The van der Waals surface area contributed by atoms with Crippen molar-refractivity contribution in [2.45, 2.75) is 31.1 Å². The van der Waals surface area contributed by atoms with Gasteiger partial charge in [-0.2, -0.15) is 0 Å². The third-order valence-electron chi connectivity index (χ3n) is 4.03. The Hall–Kier alpha value is -1.60. The lowest BCUT2D eigenvalue weighted by molar-refractivity contribution is 0.0956. The molecule has 6 nitrogen and oxygen atoms in total. The molecule has 1 fully saturated rings. The molecule has 23 heavy (non-hydrogen) atoms. The average molecular weight is 339 g/mol. The molecule has 0 aromatic heterocycles. The Kier molecular flexibility index (Phi) is 5.64. The van der Waals surface area contributed by atoms with Crippen LogP contribution in [0.2, 0.25) is 0 Å². The standard InChI is InChI=1S/C16H25N3O3S/c1-4-17-16(20)14-12-13(23(21,22)18(2)3)8-9-15(14)19-10-6-5-7-11-19/h8-9,12H,4-7,10-11H2,1-3H3,(H,17,20). The average Bonchev–Trinajstić information content (AvgIpc) is 2.55. The van der Waals surface area contributed by atoms with Crippen molar-refractivity contribution >= 4 is 21.6 Å². The Morgan fingerprint density at radius 1 is 1.22 bits per heavy atom. The third-order valence-corrected chi connectivity index (χ3v) is 5.84. The molecule has 0 saturated carbocycles. The van der Waals surface area contributed by atoms with Crippen molar-refractivity contribution in [1.82, 2.24) is 9.62 Å². The molecule has 2 rings (SSSR count). The molecule has 0 aliphatic carbocycles. The van der Waals surface area contributed by atoms with Crippen LogP contribution in [0.25, 0.3) is 0 Å². The van der Waals surface area contributed by atoms with Crippen LogP contribution in [0, 0.1) is 0 Å². The number of hydrogen-bond donors (Lipinski definition) is 1. The zero-order valence-corrected chi connectivity index (χ0v) is 14.8. The van der Waals surface area contributed by atoms with Crippen LogP contribution in [0.3, 0.4) is 0 Å². The van der Waals surface area contributed by atoms with Crippen LogP contribution in [0.1, 0.15) is 36.5 Å². The highest BCUT2D eigenvalue weighted by Crippen LogP contribution is 2.27. The fourth-order valence-corrected chi connectivity index (χ4v) is 3.66. The minimum Gasteiger partial charge on any atom is -0.371 e. The van der Waals surface area contributed by atoms with Gasteiger partial charge in [-0.15, -0.1) is 0 Å². The summed E-state index contributed by atoms with van der Waals surface area (Å²) in [6.07, 6.45) is 3.37. The number of benzene rings is 1. The van der Waals surface area contributed by atoms with E-state index in [4.69, 9.17) is 0 Å². The van der Waals surface area contributed by atoms with Gasteiger partial charge < -0.3 is 10.2 Å². The summed E-state index contributed by atoms with van der Waals surface area (Å²) in [4.78, 5) is 14.7. The Labute approximate surface area is 138 Å². The van der Waals surface area contributed by atoms with E-state index in [1.165, 1.54) is 26.6 Å². The fourth-order valence-electron chi connectivity index (χ4n) is 2.73. The third kappa shape index (κ3) is 3.84. The molecule has 1 aromatic carbocycles. The molecule has 128 valence electrons. The maximum Gasteiger partial charge on any atom is 0.253 e. The number of anilines is 1. The maximum absolute atomic E-state index is 12.4. The van der Waals surface area contributed by atoms with E-state index in [0.717, 1.165) is 35.9 Å². The molecule has 1 aromatic rings. The minimum absolute atomic E-state index is 0.143. The molecule has 7 heteroatoms. The summed E-state index contributed by atoms with van der Waals surface area (Å²) in [5, 5.41) is 2.78. The quantitative estimate of drug-likeness (QED) is 0.886. The Bertz CT molecular complexity index is 665. The predicted molar refractivity (Wildman–Crippen MR) is 91.4 cm³/mol. The van der Waals surface area contributed by atoms with Crippen LogP contribution < -0.4 is 10.2 Å². The molecule has 0 unspecified atom stereocenters. The van der Waals surface area contributed by atoms with Crippen LogP contribution in [-0.2, 0) is 10.0 Å². The van der Waals surface area contributed by atoms with Crippen molar-refractivity contribution in [1.29, 1.82) is 0 Å². The van der Waals surface area contributed by atoms with Crippen LogP contribution in [0.15, 0.2) is 23.1 Å². The van der Waals surface area contributed by atoms with Crippen LogP contribution in [-0.4, -0.2) is 52.4 Å². The van der Waals surface area contributed by atoms with Gasteiger partial charge in [0.05, 0.1) is 10.5 Å². The van der Waals surface area contributed by atoms with E-state index < -0.39 is 10.0 Å². The molecule has 0 bridgehead atoms. The van der Waals surface area contributed by atoms with Crippen molar-refractivity contribution < 1.29 is 13.2 Å². The summed E-state index contributed by atoms with van der Waals surface area (Å²) in [5.74, 6) is -0.233. The molecule has 1 N–H and O–H groups in total. The molecule has 1 heterocycles. The first-order chi connectivity index (χ1) is 10.9.